The summed E-state index contributed by atoms with van der Waals surface area (Å²) in [5, 5.41) is 0. The third-order valence-electron chi connectivity index (χ3n) is 3.48. The van der Waals surface area contributed by atoms with Crippen LogP contribution in [0, 0.1) is 0 Å². The first kappa shape index (κ1) is 17.4. The molecular weight excluding hydrogens is 424 g/mol. The largest absolute Gasteiger partial charge is 1.00 e. The van der Waals surface area contributed by atoms with Gasteiger partial charge in [-0.25, -0.2) is 0 Å². The molecule has 1 heterocycles. The summed E-state index contributed by atoms with van der Waals surface area (Å²) in [6, 6.07) is 4.21. The number of hydrogen-bond acceptors (Lipinski definition) is 1. The summed E-state index contributed by atoms with van der Waals surface area (Å²) in [6.45, 7) is 4.48. The minimum atomic E-state index is 0. The van der Waals surface area contributed by atoms with Crippen molar-refractivity contribution in [3.8, 4) is 0 Å². The molecule has 2 aliphatic carbocycles. The molecule has 0 fully saturated rings. The summed E-state index contributed by atoms with van der Waals surface area (Å²) in [4.78, 5) is 4.58. The quantitative estimate of drug-likeness (QED) is 0.435. The fraction of sp³-hybridized carbons (Fsp3) is 0.214. The van der Waals surface area contributed by atoms with Gasteiger partial charge in [0.05, 0.1) is 0 Å². The van der Waals surface area contributed by atoms with Gasteiger partial charge in [0.2, 0.25) is 0 Å². The zero-order valence-corrected chi connectivity index (χ0v) is 16.0. The maximum absolute atomic E-state index is 4.58. The molecule has 1 unspecified atom stereocenters. The van der Waals surface area contributed by atoms with Gasteiger partial charge in [-0.3, -0.25) is 0 Å². The zero-order chi connectivity index (χ0) is 12.2. The van der Waals surface area contributed by atoms with E-state index in [1.165, 1.54) is 50.3 Å². The van der Waals surface area contributed by atoms with E-state index in [1.807, 2.05) is 6.07 Å². The van der Waals surface area contributed by atoms with Gasteiger partial charge in [-0.2, -0.15) is 0 Å². The van der Waals surface area contributed by atoms with Crippen LogP contribution in [0.25, 0.3) is 6.08 Å². The number of nitrogens with zero attached hydrogens (tertiary/aromatic N) is 1. The second-order valence-electron chi connectivity index (χ2n) is 4.55. The molecule has 0 amide bonds. The van der Waals surface area contributed by atoms with Gasteiger partial charge in [-0.05, 0) is 0 Å². The van der Waals surface area contributed by atoms with E-state index in [0.29, 0.717) is 5.92 Å². The molecule has 19 heavy (non-hydrogen) atoms. The van der Waals surface area contributed by atoms with Crippen molar-refractivity contribution < 1.29 is 49.5 Å². The van der Waals surface area contributed by atoms with Crippen LogP contribution < -0.4 is 24.8 Å². The number of allylic oxidation sites excluding steroid dienone is 5. The van der Waals surface area contributed by atoms with Crippen LogP contribution in [0.4, 0.5) is 0 Å². The first-order chi connectivity index (χ1) is 8.08. The minimum Gasteiger partial charge on any atom is -1.00 e. The average Bonchev–Trinajstić information content (AvgIpc) is 2.57. The van der Waals surface area contributed by atoms with Gasteiger partial charge in [0, 0.05) is 0 Å². The van der Waals surface area contributed by atoms with Crippen LogP contribution >= 0.6 is 15.9 Å². The molecule has 0 spiro atoms. The molecule has 0 aliphatic heterocycles. The fourth-order valence-corrected chi connectivity index (χ4v) is 3.53. The Morgan fingerprint density at radius 1 is 1.21 bits per heavy atom. The van der Waals surface area contributed by atoms with Crippen LogP contribution in [0.5, 0.6) is 0 Å². The molecule has 0 saturated heterocycles. The van der Waals surface area contributed by atoms with Crippen molar-refractivity contribution in [3.63, 3.8) is 0 Å². The Kier molecular flexibility index (Phi) is 5.84. The van der Waals surface area contributed by atoms with E-state index in [1.54, 1.807) is 0 Å². The van der Waals surface area contributed by atoms with Crippen molar-refractivity contribution in [2.75, 3.05) is 0 Å². The first-order valence-corrected chi connectivity index (χ1v) is 7.63. The Bertz CT molecular complexity index is 620. The van der Waals surface area contributed by atoms with Crippen molar-refractivity contribution in [1.82, 2.24) is 4.98 Å². The summed E-state index contributed by atoms with van der Waals surface area (Å²) >= 11 is 4.94. The van der Waals surface area contributed by atoms with Crippen LogP contribution in [-0.4, -0.2) is 4.98 Å². The van der Waals surface area contributed by atoms with Crippen LogP contribution in [0.1, 0.15) is 31.0 Å². The molecular formula is C14H11BrCl2NZr. The molecule has 1 aromatic rings. The topological polar surface area (TPSA) is 12.9 Å². The molecule has 3 rings (SSSR count). The molecule has 2 aliphatic rings. The predicted octanol–water partition coefficient (Wildman–Crippen LogP) is -1.89. The molecule has 0 radical (unpaired) electrons. The van der Waals surface area contributed by atoms with Crippen molar-refractivity contribution in [3.05, 3.63) is 54.1 Å². The Balaban J connectivity index is 0.000000902. The maximum atomic E-state index is 4.58. The van der Waals surface area contributed by atoms with Crippen LogP contribution in [0.3, 0.4) is 0 Å². The summed E-state index contributed by atoms with van der Waals surface area (Å²) in [5.74, 6) is 0.457. The number of aromatic nitrogens is 1. The van der Waals surface area contributed by atoms with E-state index in [9.17, 15) is 0 Å². The van der Waals surface area contributed by atoms with Gasteiger partial charge in [-0.15, -0.1) is 0 Å². The molecule has 1 atom stereocenters. The molecule has 0 N–H and O–H groups in total. The Hall–Kier alpha value is 0.313. The second-order valence-corrected chi connectivity index (χ2v) is 6.59. The smallest absolute Gasteiger partial charge is 1.00 e. The minimum absolute atomic E-state index is 0. The van der Waals surface area contributed by atoms with Crippen molar-refractivity contribution in [1.29, 1.82) is 0 Å². The van der Waals surface area contributed by atoms with E-state index in [4.69, 9.17) is 0 Å². The van der Waals surface area contributed by atoms with Gasteiger partial charge in [0.15, 0.2) is 0 Å². The van der Waals surface area contributed by atoms with Crippen LogP contribution in [-0.2, 0) is 24.7 Å². The third-order valence-corrected chi connectivity index (χ3v) is 5.56. The first-order valence-electron chi connectivity index (χ1n) is 5.61. The summed E-state index contributed by atoms with van der Waals surface area (Å²) < 4.78 is 2.39. The summed E-state index contributed by atoms with van der Waals surface area (Å²) in [6.07, 6.45) is 4.58. The Labute approximate surface area is 149 Å². The number of pyridine rings is 1. The molecule has 0 saturated carbocycles. The van der Waals surface area contributed by atoms with Gasteiger partial charge >= 0.3 is 126 Å². The second kappa shape index (κ2) is 6.39. The van der Waals surface area contributed by atoms with E-state index < -0.39 is 0 Å². The van der Waals surface area contributed by atoms with Gasteiger partial charge < -0.3 is 24.8 Å². The molecule has 97 valence electrons. The summed E-state index contributed by atoms with van der Waals surface area (Å²) in [5.41, 5.74) is 6.75. The van der Waals surface area contributed by atoms with E-state index >= 15 is 0 Å². The molecule has 1 nitrogen and oxygen atoms in total. The fourth-order valence-electron chi connectivity index (χ4n) is 2.50. The normalized spacial score (nSPS) is 19.7. The van der Waals surface area contributed by atoms with Gasteiger partial charge in [0.25, 0.3) is 0 Å². The monoisotopic (exact) mass is 432 g/mol. The number of fused-ring (bicyclic) bond motifs is 2. The van der Waals surface area contributed by atoms with Crippen LogP contribution in [0.15, 0.2) is 42.8 Å². The third kappa shape index (κ3) is 2.86. The number of halogens is 3. The van der Waals surface area contributed by atoms with E-state index in [2.05, 4.69) is 53.0 Å². The van der Waals surface area contributed by atoms with E-state index in [0.717, 1.165) is 10.3 Å². The molecule has 5 heteroatoms. The van der Waals surface area contributed by atoms with E-state index in [-0.39, 0.29) is 24.8 Å². The Morgan fingerprint density at radius 2 is 1.89 bits per heavy atom. The van der Waals surface area contributed by atoms with Crippen molar-refractivity contribution in [2.24, 2.45) is 0 Å². The zero-order valence-electron chi connectivity index (χ0n) is 10.5. The summed E-state index contributed by atoms with van der Waals surface area (Å²) in [7, 11) is 0. The number of hydrogen-bond donors (Lipinski definition) is 0. The number of rotatable bonds is 0. The average molecular weight is 435 g/mol. The molecule has 1 aromatic heterocycles. The van der Waals surface area contributed by atoms with Gasteiger partial charge in [0.1, 0.15) is 0 Å². The Morgan fingerprint density at radius 3 is 2.58 bits per heavy atom. The van der Waals surface area contributed by atoms with Crippen LogP contribution in [0.2, 0.25) is 0 Å². The van der Waals surface area contributed by atoms with Crippen molar-refractivity contribution >= 4 is 22.0 Å². The maximum Gasteiger partial charge on any atom is -1.00 e. The molecule has 0 bridgehead atoms. The molecule has 0 aromatic carbocycles. The van der Waals surface area contributed by atoms with Gasteiger partial charge in [-0.1, -0.05) is 0 Å². The van der Waals surface area contributed by atoms with Crippen molar-refractivity contribution in [2.45, 2.75) is 19.8 Å². The standard InChI is InChI=1S/C14H11BrN.2ClH.Zr/c1-8-5-10-7-13-11(3-4-14(15)16-13)9(2)12(10)6-8;;;/h3-4,6-7,9H,1-2H3;2*1H;/q;;;+2/p-2. The predicted molar refractivity (Wildman–Crippen MR) is 69.1 cm³/mol. The SMILES string of the molecule is CC1=[C]([Zr+2])C2=Cc3nc(Br)ccc3C(C)C2=C1.[Cl-].[Cl-].